The highest BCUT2D eigenvalue weighted by Gasteiger charge is 2.31. The number of alkyl halides is 3. The van der Waals surface area contributed by atoms with Crippen LogP contribution in [0.15, 0.2) is 182 Å². The largest absolute Gasteiger partial charge is 0.416 e. The fourth-order valence-corrected chi connectivity index (χ4v) is 8.26. The van der Waals surface area contributed by atoms with Crippen LogP contribution in [-0.4, -0.2) is 9.13 Å². The molecule has 0 aliphatic rings. The van der Waals surface area contributed by atoms with Crippen molar-refractivity contribution in [3.8, 4) is 50.8 Å². The third-order valence-corrected chi connectivity index (χ3v) is 10.7. The van der Waals surface area contributed by atoms with E-state index < -0.39 is 11.7 Å². The van der Waals surface area contributed by atoms with Gasteiger partial charge in [0.05, 0.1) is 50.6 Å². The first-order chi connectivity index (χ1) is 27.4. The van der Waals surface area contributed by atoms with Gasteiger partial charge in [0.25, 0.3) is 0 Å². The van der Waals surface area contributed by atoms with Crippen LogP contribution >= 0.6 is 0 Å². The molecule has 8 aromatic carbocycles. The first-order valence-corrected chi connectivity index (χ1v) is 18.3. The van der Waals surface area contributed by atoms with Gasteiger partial charge in [0.1, 0.15) is 0 Å². The lowest BCUT2D eigenvalue weighted by molar-refractivity contribution is -0.137. The summed E-state index contributed by atoms with van der Waals surface area (Å²) in [5, 5.41) is 14.7. The molecule has 0 N–H and O–H groups in total. The van der Waals surface area contributed by atoms with Gasteiger partial charge in [-0.25, -0.2) is 0 Å². The first kappa shape index (κ1) is 33.2. The van der Waals surface area contributed by atoms with Gasteiger partial charge in [-0.3, -0.25) is 0 Å². The average molecular weight is 730 g/mol. The summed E-state index contributed by atoms with van der Waals surface area (Å²) >= 11 is 0. The second kappa shape index (κ2) is 12.9. The summed E-state index contributed by atoms with van der Waals surface area (Å²) in [6, 6.07) is 60.5. The molecule has 2 heterocycles. The van der Waals surface area contributed by atoms with E-state index in [4.69, 9.17) is 0 Å². The monoisotopic (exact) mass is 729 g/mol. The first-order valence-electron chi connectivity index (χ1n) is 18.3. The topological polar surface area (TPSA) is 33.6 Å². The van der Waals surface area contributed by atoms with E-state index in [0.29, 0.717) is 28.1 Å². The van der Waals surface area contributed by atoms with E-state index in [0.717, 1.165) is 71.9 Å². The molecule has 6 heteroatoms. The van der Waals surface area contributed by atoms with Gasteiger partial charge in [-0.05, 0) is 76.3 Å². The number of para-hydroxylation sites is 2. The van der Waals surface area contributed by atoms with Crippen molar-refractivity contribution in [1.82, 2.24) is 9.13 Å². The Bertz CT molecular complexity index is 3010. The van der Waals surface area contributed by atoms with Gasteiger partial charge in [-0.15, -0.1) is 0 Å². The molecule has 56 heavy (non-hydrogen) atoms. The molecule has 0 unspecified atom stereocenters. The van der Waals surface area contributed by atoms with Crippen molar-refractivity contribution in [3.05, 3.63) is 193 Å². The zero-order valence-electron chi connectivity index (χ0n) is 29.8. The van der Waals surface area contributed by atoms with Gasteiger partial charge in [0.15, 0.2) is 0 Å². The quantitative estimate of drug-likeness (QED) is 0.174. The van der Waals surface area contributed by atoms with Gasteiger partial charge >= 0.3 is 6.18 Å². The molecule has 0 bridgehead atoms. The van der Waals surface area contributed by atoms with Crippen molar-refractivity contribution in [2.45, 2.75) is 6.18 Å². The summed E-state index contributed by atoms with van der Waals surface area (Å²) in [5.41, 5.74) is 9.31. The Labute approximate surface area is 320 Å². The van der Waals surface area contributed by atoms with E-state index >= 15 is 0 Å². The summed E-state index contributed by atoms with van der Waals surface area (Å²) < 4.78 is 47.8. The van der Waals surface area contributed by atoms with E-state index in [-0.39, 0.29) is 0 Å². The van der Waals surface area contributed by atoms with E-state index in [2.05, 4.69) is 88.0 Å². The fourth-order valence-electron chi connectivity index (χ4n) is 8.26. The third kappa shape index (κ3) is 5.36. The van der Waals surface area contributed by atoms with E-state index in [1.54, 1.807) is 6.07 Å². The summed E-state index contributed by atoms with van der Waals surface area (Å²) in [6.45, 7) is 0. The highest BCUT2D eigenvalue weighted by Crippen LogP contribution is 2.45. The smallest absolute Gasteiger partial charge is 0.308 e. The molecular weight excluding hydrogens is 700 g/mol. The van der Waals surface area contributed by atoms with Crippen molar-refractivity contribution in [3.63, 3.8) is 0 Å². The van der Waals surface area contributed by atoms with Crippen molar-refractivity contribution >= 4 is 43.6 Å². The molecule has 0 saturated heterocycles. The third-order valence-electron chi connectivity index (χ3n) is 10.7. The van der Waals surface area contributed by atoms with Crippen molar-refractivity contribution in [2.24, 2.45) is 0 Å². The number of benzene rings is 8. The number of aromatic nitrogens is 2. The van der Waals surface area contributed by atoms with Crippen LogP contribution in [0.5, 0.6) is 0 Å². The Morgan fingerprint density at radius 1 is 0.393 bits per heavy atom. The number of hydrogen-bond donors (Lipinski definition) is 0. The summed E-state index contributed by atoms with van der Waals surface area (Å²) in [4.78, 5) is 0. The second-order valence-corrected chi connectivity index (χ2v) is 14.0. The highest BCUT2D eigenvalue weighted by atomic mass is 19.4. The van der Waals surface area contributed by atoms with E-state index in [1.165, 1.54) is 12.1 Å². The molecule has 0 fully saturated rings. The minimum absolute atomic E-state index is 0.376. The van der Waals surface area contributed by atoms with Crippen LogP contribution in [0.3, 0.4) is 0 Å². The molecule has 0 aliphatic heterocycles. The lowest BCUT2D eigenvalue weighted by Crippen LogP contribution is -2.07. The molecule has 0 saturated carbocycles. The Kier molecular flexibility index (Phi) is 7.65. The maximum Gasteiger partial charge on any atom is 0.416 e. The standard InChI is InChI=1S/C50H30F3N3/c51-50(52,53)38-17-11-16-37(28-38)49-47(55-43-20-9-7-18-39(43)41-24-22-35(29-45(41)55)33-12-3-1-4-13-33)26-32(31-54)27-48(49)56-44-21-10-8-19-40(44)42-25-23-36(30-46(42)56)34-14-5-2-6-15-34/h1-30H. The number of halogens is 3. The lowest BCUT2D eigenvalue weighted by Gasteiger charge is -2.21. The molecule has 0 amide bonds. The molecule has 3 nitrogen and oxygen atoms in total. The summed E-state index contributed by atoms with van der Waals surface area (Å²) in [5.74, 6) is 0. The number of fused-ring (bicyclic) bond motifs is 6. The van der Waals surface area contributed by atoms with Gasteiger partial charge < -0.3 is 9.13 Å². The van der Waals surface area contributed by atoms with Crippen LogP contribution in [0.25, 0.3) is 88.4 Å². The molecule has 266 valence electrons. The molecule has 10 aromatic rings. The molecule has 0 radical (unpaired) electrons. The van der Waals surface area contributed by atoms with Gasteiger partial charge in [-0.2, -0.15) is 18.4 Å². The maximum absolute atomic E-state index is 14.5. The maximum atomic E-state index is 14.5. The molecule has 0 atom stereocenters. The summed E-state index contributed by atoms with van der Waals surface area (Å²) in [6.07, 6.45) is -4.57. The van der Waals surface area contributed by atoms with E-state index in [1.807, 2.05) is 84.9 Å². The van der Waals surface area contributed by atoms with Crippen LogP contribution in [-0.2, 0) is 6.18 Å². The Balaban J connectivity index is 1.38. The minimum Gasteiger partial charge on any atom is -0.308 e. The van der Waals surface area contributed by atoms with Crippen molar-refractivity contribution in [1.29, 1.82) is 5.26 Å². The summed E-state index contributed by atoms with van der Waals surface area (Å²) in [7, 11) is 0. The number of hydrogen-bond acceptors (Lipinski definition) is 1. The fraction of sp³-hybridized carbons (Fsp3) is 0.0200. The SMILES string of the molecule is N#Cc1cc(-n2c3ccccc3c3ccc(-c4ccccc4)cc32)c(-c2cccc(C(F)(F)F)c2)c(-n2c3ccccc3c3ccc(-c4ccccc4)cc32)c1. The van der Waals surface area contributed by atoms with Gasteiger partial charge in [0, 0.05) is 27.1 Å². The Hall–Kier alpha value is -7.36. The zero-order chi connectivity index (χ0) is 38.0. The molecule has 10 rings (SSSR count). The lowest BCUT2D eigenvalue weighted by atomic mass is 9.96. The molecule has 0 aliphatic carbocycles. The number of rotatable bonds is 5. The van der Waals surface area contributed by atoms with Crippen molar-refractivity contribution in [2.75, 3.05) is 0 Å². The molecule has 2 aromatic heterocycles. The van der Waals surface area contributed by atoms with Crippen molar-refractivity contribution < 1.29 is 13.2 Å². The predicted molar refractivity (Wildman–Crippen MR) is 221 cm³/mol. The molecular formula is C50H30F3N3. The van der Waals surface area contributed by atoms with Crippen LogP contribution in [0.1, 0.15) is 11.1 Å². The Morgan fingerprint density at radius 2 is 0.839 bits per heavy atom. The average Bonchev–Trinajstić information content (AvgIpc) is 3.75. The van der Waals surface area contributed by atoms with Crippen LogP contribution in [0, 0.1) is 11.3 Å². The van der Waals surface area contributed by atoms with Gasteiger partial charge in [-0.1, -0.05) is 133 Å². The number of nitriles is 1. The number of nitrogens with zero attached hydrogens (tertiary/aromatic N) is 3. The van der Waals surface area contributed by atoms with E-state index in [9.17, 15) is 18.4 Å². The second-order valence-electron chi connectivity index (χ2n) is 14.0. The van der Waals surface area contributed by atoms with Crippen LogP contribution < -0.4 is 0 Å². The van der Waals surface area contributed by atoms with Crippen LogP contribution in [0.2, 0.25) is 0 Å². The van der Waals surface area contributed by atoms with Gasteiger partial charge in [0.2, 0.25) is 0 Å². The highest BCUT2D eigenvalue weighted by molar-refractivity contribution is 6.13. The zero-order valence-corrected chi connectivity index (χ0v) is 29.8. The molecule has 0 spiro atoms. The predicted octanol–water partition coefficient (Wildman–Crippen LogP) is 13.8. The minimum atomic E-state index is -4.57. The van der Waals surface area contributed by atoms with Crippen LogP contribution in [0.4, 0.5) is 13.2 Å². The normalized spacial score (nSPS) is 11.8. The Morgan fingerprint density at radius 3 is 1.32 bits per heavy atom.